The van der Waals surface area contributed by atoms with Crippen molar-refractivity contribution in [2.45, 2.75) is 30.0 Å². The summed E-state index contributed by atoms with van der Waals surface area (Å²) in [6, 6.07) is 6.98. The summed E-state index contributed by atoms with van der Waals surface area (Å²) < 4.78 is 3.79. The van der Waals surface area contributed by atoms with Crippen LogP contribution in [0.1, 0.15) is 19.4 Å². The third-order valence-electron chi connectivity index (χ3n) is 2.91. The lowest BCUT2D eigenvalue weighted by Gasteiger charge is -2.33. The molecule has 0 bridgehead atoms. The van der Waals surface area contributed by atoms with Crippen molar-refractivity contribution >= 4 is 37.2 Å². The van der Waals surface area contributed by atoms with Gasteiger partial charge in [-0.25, -0.2) is 0 Å². The molecule has 0 spiro atoms. The average Bonchev–Trinajstić information content (AvgIpc) is 2.45. The van der Waals surface area contributed by atoms with Crippen molar-refractivity contribution in [2.24, 2.45) is 0 Å². The summed E-state index contributed by atoms with van der Waals surface area (Å²) in [5.41, 5.74) is 0.666. The first-order valence-corrected chi connectivity index (χ1v) is 7.35. The summed E-state index contributed by atoms with van der Waals surface area (Å²) >= 11 is 8.91. The van der Waals surface area contributed by atoms with E-state index in [1.54, 1.807) is 31.2 Å². The molecule has 1 unspecified atom stereocenters. The first kappa shape index (κ1) is 17.9. The molecule has 116 valence electrons. The zero-order valence-electron chi connectivity index (χ0n) is 11.8. The van der Waals surface area contributed by atoms with E-state index in [-0.39, 0.29) is 6.61 Å². The Morgan fingerprint density at radius 1 is 1.33 bits per heavy atom. The number of thiol groups is 2. The minimum atomic E-state index is -1.21. The lowest BCUT2D eigenvalue weighted by molar-refractivity contribution is -0.147. The van der Waals surface area contributed by atoms with Gasteiger partial charge in [0.05, 0.1) is 6.61 Å². The summed E-state index contributed by atoms with van der Waals surface area (Å²) in [4.78, 5) is 23.2. The fraction of sp³-hybridized carbons (Fsp3) is 0.429. The lowest BCUT2D eigenvalue weighted by Crippen LogP contribution is -2.53. The molecule has 0 aromatic heterocycles. The number of rotatable bonds is 7. The van der Waals surface area contributed by atoms with Gasteiger partial charge in [-0.2, -0.15) is 25.3 Å². The van der Waals surface area contributed by atoms with E-state index in [2.05, 4.69) is 30.6 Å². The predicted molar refractivity (Wildman–Crippen MR) is 86.7 cm³/mol. The van der Waals surface area contributed by atoms with Gasteiger partial charge < -0.3 is 9.84 Å². The number of ether oxygens (including phenoxy) is 1. The molecule has 0 heterocycles. The number of carboxylic acid groups (broad SMARTS) is 1. The van der Waals surface area contributed by atoms with Crippen LogP contribution in [-0.2, 0) is 18.4 Å². The fourth-order valence-electron chi connectivity index (χ4n) is 1.75. The monoisotopic (exact) mass is 329 g/mol. The number of aliphatic carboxylic acids is 1. The smallest absolute Gasteiger partial charge is 0.325 e. The van der Waals surface area contributed by atoms with Gasteiger partial charge in [0, 0.05) is 0 Å². The highest BCUT2D eigenvalue weighted by atomic mass is 32.2. The molecule has 1 aromatic carbocycles. The molecule has 7 heteroatoms. The van der Waals surface area contributed by atoms with Gasteiger partial charge in [0.2, 0.25) is 0 Å². The zero-order chi connectivity index (χ0) is 16.0. The molecular weight excluding hydrogens is 310 g/mol. The van der Waals surface area contributed by atoms with Gasteiger partial charge >= 0.3 is 11.9 Å². The quantitative estimate of drug-likeness (QED) is 0.348. The topological polar surface area (TPSA) is 75.6 Å². The molecule has 0 aliphatic carbocycles. The summed E-state index contributed by atoms with van der Waals surface area (Å²) in [7, 11) is 0. The van der Waals surface area contributed by atoms with Crippen LogP contribution in [0.3, 0.4) is 0 Å². The van der Waals surface area contributed by atoms with E-state index in [1.807, 2.05) is 6.07 Å². The molecule has 2 N–H and O–H groups in total. The van der Waals surface area contributed by atoms with E-state index in [0.717, 1.165) is 0 Å². The van der Waals surface area contributed by atoms with Gasteiger partial charge in [0.25, 0.3) is 0 Å². The van der Waals surface area contributed by atoms with E-state index in [9.17, 15) is 9.59 Å². The van der Waals surface area contributed by atoms with Gasteiger partial charge in [0.15, 0.2) is 0 Å². The van der Waals surface area contributed by atoms with E-state index in [1.165, 1.54) is 6.92 Å². The molecular formula is C14H19NO4S2. The Balaban J connectivity index is 3.10. The molecule has 2 atom stereocenters. The first-order valence-electron chi connectivity index (χ1n) is 6.46. The second-order valence-corrected chi connectivity index (χ2v) is 6.27. The van der Waals surface area contributed by atoms with Crippen LogP contribution in [0.4, 0.5) is 0 Å². The molecule has 0 aliphatic rings. The minimum absolute atomic E-state index is 0.185. The van der Waals surface area contributed by atoms with Crippen molar-refractivity contribution in [3.8, 4) is 0 Å². The van der Waals surface area contributed by atoms with Crippen LogP contribution >= 0.6 is 25.3 Å². The van der Waals surface area contributed by atoms with Gasteiger partial charge in [-0.1, -0.05) is 30.3 Å². The van der Waals surface area contributed by atoms with Crippen LogP contribution in [0.2, 0.25) is 0 Å². The summed E-state index contributed by atoms with van der Waals surface area (Å²) in [5, 5.41) is 11.7. The lowest BCUT2D eigenvalue weighted by atomic mass is 10.0. The van der Waals surface area contributed by atoms with E-state index >= 15 is 0 Å². The van der Waals surface area contributed by atoms with Crippen molar-refractivity contribution < 1.29 is 19.4 Å². The summed E-state index contributed by atoms with van der Waals surface area (Å²) in [6.45, 7) is 3.30. The van der Waals surface area contributed by atoms with Gasteiger partial charge in [-0.05, 0) is 19.4 Å². The normalized spacial score (nSPS) is 14.3. The summed E-state index contributed by atoms with van der Waals surface area (Å²) in [6.07, 6.45) is 0. The van der Waals surface area contributed by atoms with Crippen LogP contribution < -0.4 is 5.32 Å². The van der Waals surface area contributed by atoms with Crippen molar-refractivity contribution in [3.63, 3.8) is 0 Å². The number of carbonyl (C=O) groups excluding carboxylic acids is 1. The van der Waals surface area contributed by atoms with Crippen LogP contribution in [0.15, 0.2) is 30.3 Å². The SMILES string of the molecule is CCOC(=O)C(N[C@@H](C)C(=O)O)C(S)(S)c1ccccc1. The fourth-order valence-corrected chi connectivity index (χ4v) is 2.40. The Hall–Kier alpha value is -1.18. The van der Waals surface area contributed by atoms with Crippen LogP contribution in [-0.4, -0.2) is 35.7 Å². The predicted octanol–water partition coefficient (Wildman–Crippen LogP) is 1.69. The molecule has 5 nitrogen and oxygen atoms in total. The molecule has 0 amide bonds. The Morgan fingerprint density at radius 2 is 1.90 bits per heavy atom. The Morgan fingerprint density at radius 3 is 2.38 bits per heavy atom. The standard InChI is InChI=1S/C14H19NO4S2/c1-3-19-13(18)11(15-9(2)12(16)17)14(20,21)10-7-5-4-6-8-10/h4-9,11,15,20-21H,3H2,1-2H3,(H,16,17)/t9-,11?/m0/s1. The van der Waals surface area contributed by atoms with Crippen LogP contribution in [0, 0.1) is 0 Å². The van der Waals surface area contributed by atoms with E-state index in [0.29, 0.717) is 5.56 Å². The number of carbonyl (C=O) groups is 2. The molecule has 21 heavy (non-hydrogen) atoms. The summed E-state index contributed by atoms with van der Waals surface area (Å²) in [5.74, 6) is -1.67. The second kappa shape index (κ2) is 7.72. The number of benzene rings is 1. The highest BCUT2D eigenvalue weighted by Gasteiger charge is 2.41. The van der Waals surface area contributed by atoms with Crippen molar-refractivity contribution in [1.29, 1.82) is 0 Å². The van der Waals surface area contributed by atoms with Crippen LogP contribution in [0.25, 0.3) is 0 Å². The van der Waals surface area contributed by atoms with Crippen molar-refractivity contribution in [1.82, 2.24) is 5.32 Å². The third kappa shape index (κ3) is 4.66. The third-order valence-corrected chi connectivity index (χ3v) is 3.94. The Kier molecular flexibility index (Phi) is 6.57. The first-order chi connectivity index (χ1) is 9.80. The number of nitrogens with one attached hydrogen (secondary N) is 1. The second-order valence-electron chi connectivity index (χ2n) is 4.50. The number of carboxylic acids is 1. The maximum Gasteiger partial charge on any atom is 0.325 e. The average molecular weight is 329 g/mol. The molecule has 0 aliphatic heterocycles. The van der Waals surface area contributed by atoms with Crippen LogP contribution in [0.5, 0.6) is 0 Å². The number of esters is 1. The van der Waals surface area contributed by atoms with Crippen molar-refractivity contribution in [2.75, 3.05) is 6.61 Å². The zero-order valence-corrected chi connectivity index (χ0v) is 13.6. The number of hydrogen-bond donors (Lipinski definition) is 4. The molecule has 0 saturated heterocycles. The Labute approximate surface area is 134 Å². The van der Waals surface area contributed by atoms with Gasteiger partial charge in [-0.15, -0.1) is 0 Å². The number of hydrogen-bond acceptors (Lipinski definition) is 6. The highest BCUT2D eigenvalue weighted by molar-refractivity contribution is 8.00. The molecule has 1 aromatic rings. The largest absolute Gasteiger partial charge is 0.480 e. The van der Waals surface area contributed by atoms with Gasteiger partial charge in [0.1, 0.15) is 16.2 Å². The minimum Gasteiger partial charge on any atom is -0.480 e. The molecule has 1 rings (SSSR count). The molecule has 0 radical (unpaired) electrons. The maximum absolute atomic E-state index is 12.1. The van der Waals surface area contributed by atoms with E-state index < -0.39 is 28.1 Å². The molecule has 0 saturated carbocycles. The van der Waals surface area contributed by atoms with Crippen molar-refractivity contribution in [3.05, 3.63) is 35.9 Å². The Bertz CT molecular complexity index is 493. The maximum atomic E-state index is 12.1. The van der Waals surface area contributed by atoms with E-state index in [4.69, 9.17) is 9.84 Å². The highest BCUT2D eigenvalue weighted by Crippen LogP contribution is 2.37. The molecule has 0 fully saturated rings. The van der Waals surface area contributed by atoms with Gasteiger partial charge in [-0.3, -0.25) is 14.9 Å².